The molecule has 0 aromatic heterocycles. The molecule has 0 bridgehead atoms. The number of unbranched alkanes of at least 4 members (excludes halogenated alkanes) is 24. The van der Waals surface area contributed by atoms with Gasteiger partial charge in [0, 0.05) is 18.1 Å². The smallest absolute Gasteiger partial charge is 0.811 e. The number of thiol groups is 1. The van der Waals surface area contributed by atoms with Crippen molar-refractivity contribution in [2.45, 2.75) is 211 Å². The number of rotatable bonds is 35. The van der Waals surface area contributed by atoms with Gasteiger partial charge in [0.25, 0.3) is 0 Å². The molecule has 0 aromatic carbocycles. The summed E-state index contributed by atoms with van der Waals surface area (Å²) in [6, 6.07) is 0. The Kier molecular flexibility index (Phi) is 44.4. The zero-order valence-electron chi connectivity index (χ0n) is 31.8. The van der Waals surface area contributed by atoms with Crippen LogP contribution >= 0.6 is 20.2 Å². The Hall–Kier alpha value is 1.44. The van der Waals surface area contributed by atoms with Crippen LogP contribution in [-0.4, -0.2) is 36.1 Å². The molecule has 274 valence electrons. The summed E-state index contributed by atoms with van der Waals surface area (Å²) >= 11 is 4.22. The monoisotopic (exact) mass is 736 g/mol. The van der Waals surface area contributed by atoms with Crippen molar-refractivity contribution in [2.24, 2.45) is 0 Å². The van der Waals surface area contributed by atoms with Crippen LogP contribution in [0.15, 0.2) is 0 Å². The maximum Gasteiger partial charge on any atom is 1.00 e. The summed E-state index contributed by atoms with van der Waals surface area (Å²) in [4.78, 5) is 47.2. The first kappa shape index (κ1) is 53.8. The van der Waals surface area contributed by atoms with Gasteiger partial charge in [0.2, 0.25) is 0 Å². The standard InChI is InChI=1S/C37H73O7PS.2Na/c1-3-5-7-9-11-13-15-17-19-21-23-25-27-29-36(38)43-32-34(31-35(46)33-45(40,41)42)44-37(39)30-28-26-24-22-20-18-16-14-12-10-8-6-4-2;;/h34-35,46H,3-33H2,1-2H3,(H2,40,41,42);;/q;2*+1/p-2/t34-,35?;;/m1../s1. The van der Waals surface area contributed by atoms with Gasteiger partial charge in [-0.2, -0.15) is 12.6 Å². The third-order valence-corrected chi connectivity index (χ3v) is 10.2. The van der Waals surface area contributed by atoms with Crippen LogP contribution in [0.25, 0.3) is 0 Å². The van der Waals surface area contributed by atoms with Crippen LogP contribution in [0.4, 0.5) is 0 Å². The van der Waals surface area contributed by atoms with E-state index in [2.05, 4.69) is 26.5 Å². The summed E-state index contributed by atoms with van der Waals surface area (Å²) in [5.41, 5.74) is 0. The molecule has 7 nitrogen and oxygen atoms in total. The van der Waals surface area contributed by atoms with E-state index in [1.807, 2.05) is 0 Å². The van der Waals surface area contributed by atoms with Crippen molar-refractivity contribution in [3.63, 3.8) is 0 Å². The predicted molar refractivity (Wildman–Crippen MR) is 191 cm³/mol. The summed E-state index contributed by atoms with van der Waals surface area (Å²) < 4.78 is 22.1. The zero-order valence-corrected chi connectivity index (χ0v) is 37.6. The third-order valence-electron chi connectivity index (χ3n) is 8.67. The maximum atomic E-state index is 12.5. The molecule has 0 heterocycles. The van der Waals surface area contributed by atoms with Gasteiger partial charge < -0.3 is 23.8 Å². The SMILES string of the molecule is CCCCCCCCCCCCCCCC(=O)OC[C@@H](CC(S)CP(=O)([O-])[O-])OC(=O)CCCCCCCCCCCCCCC.[Na+].[Na+]. The molecule has 48 heavy (non-hydrogen) atoms. The quantitative estimate of drug-likeness (QED) is 0.0344. The molecule has 0 saturated carbocycles. The molecular formula is C37H71Na2O7PS. The van der Waals surface area contributed by atoms with Gasteiger partial charge in [-0.1, -0.05) is 176 Å². The molecule has 0 aliphatic carbocycles. The van der Waals surface area contributed by atoms with Gasteiger partial charge in [-0.25, -0.2) is 0 Å². The van der Waals surface area contributed by atoms with E-state index >= 15 is 0 Å². The van der Waals surface area contributed by atoms with E-state index in [1.165, 1.54) is 128 Å². The summed E-state index contributed by atoms with van der Waals surface area (Å²) in [5.74, 6) is -0.747. The maximum absolute atomic E-state index is 12.5. The van der Waals surface area contributed by atoms with Crippen molar-refractivity contribution in [3.05, 3.63) is 0 Å². The van der Waals surface area contributed by atoms with E-state index in [0.29, 0.717) is 6.42 Å². The molecule has 0 radical (unpaired) electrons. The second kappa shape index (κ2) is 39.6. The van der Waals surface area contributed by atoms with Crippen LogP contribution in [0.2, 0.25) is 0 Å². The zero-order chi connectivity index (χ0) is 34.1. The average molecular weight is 737 g/mol. The molecule has 0 spiro atoms. The molecule has 11 heteroatoms. The van der Waals surface area contributed by atoms with Gasteiger partial charge in [-0.15, -0.1) is 0 Å². The van der Waals surface area contributed by atoms with Crippen LogP contribution in [-0.2, 0) is 23.6 Å². The first-order valence-electron chi connectivity index (χ1n) is 19.2. The van der Waals surface area contributed by atoms with Gasteiger partial charge in [0.05, 0.1) is 0 Å². The van der Waals surface area contributed by atoms with Gasteiger partial charge in [-0.3, -0.25) is 9.59 Å². The summed E-state index contributed by atoms with van der Waals surface area (Å²) in [6.07, 6.45) is 30.9. The number of carbonyl (C=O) groups is 2. The minimum atomic E-state index is -4.76. The average Bonchev–Trinajstić information content (AvgIpc) is 2.99. The minimum absolute atomic E-state index is 0. The molecule has 0 aliphatic heterocycles. The van der Waals surface area contributed by atoms with Gasteiger partial charge in [-0.05, 0) is 25.4 Å². The predicted octanol–water partition coefficient (Wildman–Crippen LogP) is 4.01. The van der Waals surface area contributed by atoms with Crippen LogP contribution in [0, 0.1) is 0 Å². The summed E-state index contributed by atoms with van der Waals surface area (Å²) in [6.45, 7) is 4.34. The van der Waals surface area contributed by atoms with Crippen LogP contribution in [0.3, 0.4) is 0 Å². The fraction of sp³-hybridized carbons (Fsp3) is 0.946. The van der Waals surface area contributed by atoms with Crippen LogP contribution < -0.4 is 68.9 Å². The van der Waals surface area contributed by atoms with E-state index in [1.54, 1.807) is 0 Å². The van der Waals surface area contributed by atoms with Gasteiger partial charge >= 0.3 is 71.1 Å². The van der Waals surface area contributed by atoms with Crippen molar-refractivity contribution >= 4 is 32.2 Å². The Morgan fingerprint density at radius 3 is 1.21 bits per heavy atom. The van der Waals surface area contributed by atoms with Crippen molar-refractivity contribution in [3.8, 4) is 0 Å². The van der Waals surface area contributed by atoms with Crippen molar-refractivity contribution in [2.75, 3.05) is 12.8 Å². The molecule has 0 N–H and O–H groups in total. The van der Waals surface area contributed by atoms with E-state index in [9.17, 15) is 23.9 Å². The second-order valence-corrected chi connectivity index (χ2v) is 15.8. The molecule has 0 aromatic rings. The van der Waals surface area contributed by atoms with E-state index in [4.69, 9.17) is 9.47 Å². The molecule has 0 saturated heterocycles. The molecule has 0 amide bonds. The normalized spacial score (nSPS) is 12.5. The number of ether oxygens (including phenoxy) is 2. The minimum Gasteiger partial charge on any atom is -0.811 e. The fourth-order valence-corrected chi connectivity index (χ4v) is 7.36. The molecule has 2 atom stereocenters. The van der Waals surface area contributed by atoms with E-state index in [0.717, 1.165) is 38.5 Å². The van der Waals surface area contributed by atoms with E-state index < -0.39 is 31.1 Å². The number of esters is 2. The first-order chi connectivity index (χ1) is 22.2. The molecule has 0 rings (SSSR count). The fourth-order valence-electron chi connectivity index (χ4n) is 5.86. The Balaban J connectivity index is -0.0000101. The van der Waals surface area contributed by atoms with Gasteiger partial charge in [0.1, 0.15) is 12.7 Å². The number of carbonyl (C=O) groups excluding carboxylic acids is 2. The first-order valence-corrected chi connectivity index (χ1v) is 21.5. The third kappa shape index (κ3) is 41.9. The molecule has 0 aliphatic rings. The van der Waals surface area contributed by atoms with Crippen LogP contribution in [0.5, 0.6) is 0 Å². The van der Waals surface area contributed by atoms with Crippen molar-refractivity contribution in [1.29, 1.82) is 0 Å². The molecular weight excluding hydrogens is 665 g/mol. The Bertz CT molecular complexity index is 757. The van der Waals surface area contributed by atoms with Crippen molar-refractivity contribution in [1.82, 2.24) is 0 Å². The Morgan fingerprint density at radius 1 is 0.562 bits per heavy atom. The largest absolute Gasteiger partial charge is 1.00 e. The van der Waals surface area contributed by atoms with Crippen molar-refractivity contribution < 1.29 is 92.5 Å². The molecule has 1 unspecified atom stereocenters. The van der Waals surface area contributed by atoms with E-state index in [-0.39, 0.29) is 84.5 Å². The second-order valence-electron chi connectivity index (χ2n) is 13.5. The Labute approximate surface area is 345 Å². The topological polar surface area (TPSA) is 116 Å². The van der Waals surface area contributed by atoms with Crippen LogP contribution in [0.1, 0.15) is 200 Å². The summed E-state index contributed by atoms with van der Waals surface area (Å²) in [7, 11) is -4.76. The number of hydrogen-bond donors (Lipinski definition) is 1. The number of hydrogen-bond acceptors (Lipinski definition) is 8. The molecule has 0 fully saturated rings. The van der Waals surface area contributed by atoms with Gasteiger partial charge in [0.15, 0.2) is 0 Å². The Morgan fingerprint density at radius 2 is 0.875 bits per heavy atom. The summed E-state index contributed by atoms with van der Waals surface area (Å²) in [5, 5.41) is -0.797.